The number of rotatable bonds is 4. The van der Waals surface area contributed by atoms with E-state index in [0.29, 0.717) is 0 Å². The Morgan fingerprint density at radius 3 is 2.60 bits per heavy atom. The van der Waals surface area contributed by atoms with Gasteiger partial charge in [-0.3, -0.25) is 0 Å². The molecule has 1 N–H and O–H groups in total. The fourth-order valence-electron chi connectivity index (χ4n) is 4.11. The van der Waals surface area contributed by atoms with Gasteiger partial charge in [-0.25, -0.2) is 0 Å². The number of hydrogen-bond acceptors (Lipinski definition) is 2. The molecule has 2 saturated heterocycles. The van der Waals surface area contributed by atoms with Crippen LogP contribution in [0.1, 0.15) is 51.0 Å². The van der Waals surface area contributed by atoms with Gasteiger partial charge in [-0.05, 0) is 69.7 Å². The topological polar surface area (TPSA) is 15.3 Å². The lowest BCUT2D eigenvalue weighted by atomic mass is 9.81. The predicted molar refractivity (Wildman–Crippen MR) is 86.4 cm³/mol. The number of nitrogens with one attached hydrogen (secondary N) is 1. The van der Waals surface area contributed by atoms with Gasteiger partial charge >= 0.3 is 0 Å². The monoisotopic (exact) mass is 272 g/mol. The van der Waals surface area contributed by atoms with E-state index >= 15 is 0 Å². The first kappa shape index (κ1) is 13.9. The minimum absolute atomic E-state index is 0.742. The number of hydrogen-bond donors (Lipinski definition) is 1. The number of anilines is 1. The van der Waals surface area contributed by atoms with Gasteiger partial charge in [-0.1, -0.05) is 19.1 Å². The van der Waals surface area contributed by atoms with Crippen LogP contribution in [0.5, 0.6) is 0 Å². The van der Waals surface area contributed by atoms with Gasteiger partial charge in [0.15, 0.2) is 0 Å². The maximum Gasteiger partial charge on any atom is 0.0373 e. The summed E-state index contributed by atoms with van der Waals surface area (Å²) in [4.78, 5) is 2.74. The molecule has 0 aromatic heterocycles. The van der Waals surface area contributed by atoms with Crippen molar-refractivity contribution in [1.82, 2.24) is 5.32 Å². The molecule has 0 amide bonds. The van der Waals surface area contributed by atoms with Gasteiger partial charge in [0.1, 0.15) is 0 Å². The Balaban J connectivity index is 1.76. The quantitative estimate of drug-likeness (QED) is 0.894. The van der Waals surface area contributed by atoms with E-state index in [0.717, 1.165) is 18.1 Å². The maximum atomic E-state index is 3.76. The normalized spacial score (nSPS) is 29.5. The molecular weight excluding hydrogens is 244 g/mol. The van der Waals surface area contributed by atoms with Crippen LogP contribution in [0.3, 0.4) is 0 Å². The second-order valence-corrected chi connectivity index (χ2v) is 6.61. The zero-order valence-corrected chi connectivity index (χ0v) is 12.9. The Kier molecular flexibility index (Phi) is 4.30. The first-order chi connectivity index (χ1) is 9.78. The van der Waals surface area contributed by atoms with E-state index in [2.05, 4.69) is 48.3 Å². The Labute approximate surface area is 123 Å². The predicted octanol–water partition coefficient (Wildman–Crippen LogP) is 3.88. The number of aryl methyl sites for hydroxylation is 1. The molecule has 0 spiro atoms. The van der Waals surface area contributed by atoms with Gasteiger partial charge in [0, 0.05) is 23.8 Å². The molecule has 0 saturated carbocycles. The minimum atomic E-state index is 0.742. The average Bonchev–Trinajstić information content (AvgIpc) is 2.44. The van der Waals surface area contributed by atoms with Crippen molar-refractivity contribution in [2.24, 2.45) is 0 Å². The number of nitrogens with zero attached hydrogens (tertiary/aromatic N) is 1. The molecule has 20 heavy (non-hydrogen) atoms. The Morgan fingerprint density at radius 1 is 1.20 bits per heavy atom. The summed E-state index contributed by atoms with van der Waals surface area (Å²) in [5.41, 5.74) is 2.83. The van der Waals surface area contributed by atoms with E-state index in [1.807, 2.05) is 0 Å². The highest BCUT2D eigenvalue weighted by molar-refractivity contribution is 5.51. The van der Waals surface area contributed by atoms with Gasteiger partial charge in [0.25, 0.3) is 0 Å². The average molecular weight is 272 g/mol. The van der Waals surface area contributed by atoms with Crippen molar-refractivity contribution in [2.45, 2.75) is 70.5 Å². The van der Waals surface area contributed by atoms with Gasteiger partial charge in [0.05, 0.1) is 0 Å². The second-order valence-electron chi connectivity index (χ2n) is 6.61. The summed E-state index contributed by atoms with van der Waals surface area (Å²) in [5, 5.41) is 3.76. The van der Waals surface area contributed by atoms with Crippen molar-refractivity contribution in [1.29, 1.82) is 0 Å². The summed E-state index contributed by atoms with van der Waals surface area (Å²) in [6.07, 6.45) is 8.05. The SMILES string of the molecule is CCCNC1CC2CCCC(C1)N2c1cccc(C)c1. The number of piperidine rings is 2. The summed E-state index contributed by atoms with van der Waals surface area (Å²) in [6.45, 7) is 5.64. The molecule has 1 aromatic carbocycles. The highest BCUT2D eigenvalue weighted by Gasteiger charge is 2.37. The highest BCUT2D eigenvalue weighted by atomic mass is 15.2. The van der Waals surface area contributed by atoms with E-state index in [-0.39, 0.29) is 0 Å². The number of fused-ring (bicyclic) bond motifs is 2. The molecule has 2 heteroatoms. The summed E-state index contributed by atoms with van der Waals surface area (Å²) in [5.74, 6) is 0. The number of benzene rings is 1. The van der Waals surface area contributed by atoms with Crippen molar-refractivity contribution in [3.63, 3.8) is 0 Å². The molecule has 2 heterocycles. The molecule has 2 aliphatic heterocycles. The summed E-state index contributed by atoms with van der Waals surface area (Å²) < 4.78 is 0. The summed E-state index contributed by atoms with van der Waals surface area (Å²) in [7, 11) is 0. The summed E-state index contributed by atoms with van der Waals surface area (Å²) in [6, 6.07) is 11.3. The molecule has 0 radical (unpaired) electrons. The van der Waals surface area contributed by atoms with Crippen molar-refractivity contribution in [3.8, 4) is 0 Å². The smallest absolute Gasteiger partial charge is 0.0373 e. The Morgan fingerprint density at radius 2 is 1.95 bits per heavy atom. The van der Waals surface area contributed by atoms with E-state index in [1.54, 1.807) is 0 Å². The van der Waals surface area contributed by atoms with E-state index < -0.39 is 0 Å². The first-order valence-electron chi connectivity index (χ1n) is 8.36. The third kappa shape index (κ3) is 2.85. The maximum absolute atomic E-state index is 3.76. The standard InChI is InChI=1S/C18H28N2/c1-3-10-19-15-12-17-8-5-9-18(13-15)20(17)16-7-4-6-14(2)11-16/h4,6-7,11,15,17-19H,3,5,8-10,12-13H2,1-2H3. The first-order valence-corrected chi connectivity index (χ1v) is 8.36. The fraction of sp³-hybridized carbons (Fsp3) is 0.667. The lowest BCUT2D eigenvalue weighted by Crippen LogP contribution is -2.56. The zero-order valence-electron chi connectivity index (χ0n) is 12.9. The van der Waals surface area contributed by atoms with Crippen molar-refractivity contribution >= 4 is 5.69 Å². The molecule has 3 rings (SSSR count). The third-order valence-corrected chi connectivity index (χ3v) is 4.96. The van der Waals surface area contributed by atoms with Crippen LogP contribution in [0, 0.1) is 6.92 Å². The van der Waals surface area contributed by atoms with Crippen LogP contribution in [0.2, 0.25) is 0 Å². The van der Waals surface area contributed by atoms with E-state index in [9.17, 15) is 0 Å². The molecule has 2 fully saturated rings. The molecule has 1 aromatic rings. The fourth-order valence-corrected chi connectivity index (χ4v) is 4.11. The van der Waals surface area contributed by atoms with Crippen LogP contribution in [0.4, 0.5) is 5.69 Å². The van der Waals surface area contributed by atoms with Gasteiger partial charge in [0.2, 0.25) is 0 Å². The lowest BCUT2D eigenvalue weighted by molar-refractivity contribution is 0.246. The van der Waals surface area contributed by atoms with Crippen LogP contribution in [-0.4, -0.2) is 24.7 Å². The largest absolute Gasteiger partial charge is 0.365 e. The lowest BCUT2D eigenvalue weighted by Gasteiger charge is -2.50. The minimum Gasteiger partial charge on any atom is -0.365 e. The zero-order chi connectivity index (χ0) is 13.9. The van der Waals surface area contributed by atoms with Crippen LogP contribution in [-0.2, 0) is 0 Å². The van der Waals surface area contributed by atoms with Gasteiger partial charge in [-0.15, -0.1) is 0 Å². The van der Waals surface area contributed by atoms with Crippen LogP contribution in [0.15, 0.2) is 24.3 Å². The molecule has 2 unspecified atom stereocenters. The van der Waals surface area contributed by atoms with Gasteiger partial charge < -0.3 is 10.2 Å². The van der Waals surface area contributed by atoms with Crippen molar-refractivity contribution in [3.05, 3.63) is 29.8 Å². The Hall–Kier alpha value is -1.02. The highest BCUT2D eigenvalue weighted by Crippen LogP contribution is 2.37. The third-order valence-electron chi connectivity index (χ3n) is 4.96. The summed E-state index contributed by atoms with van der Waals surface area (Å²) >= 11 is 0. The molecule has 2 atom stereocenters. The van der Waals surface area contributed by atoms with Crippen molar-refractivity contribution in [2.75, 3.05) is 11.4 Å². The second kappa shape index (κ2) is 6.17. The van der Waals surface area contributed by atoms with E-state index in [4.69, 9.17) is 0 Å². The molecular formula is C18H28N2. The molecule has 2 aliphatic rings. The van der Waals surface area contributed by atoms with Crippen LogP contribution in [0.25, 0.3) is 0 Å². The Bertz CT molecular complexity index is 429. The van der Waals surface area contributed by atoms with Crippen molar-refractivity contribution < 1.29 is 0 Å². The van der Waals surface area contributed by atoms with Crippen LogP contribution >= 0.6 is 0 Å². The molecule has 2 bridgehead atoms. The molecule has 0 aliphatic carbocycles. The van der Waals surface area contributed by atoms with Gasteiger partial charge in [-0.2, -0.15) is 0 Å². The van der Waals surface area contributed by atoms with Crippen LogP contribution < -0.4 is 10.2 Å². The van der Waals surface area contributed by atoms with E-state index in [1.165, 1.54) is 56.3 Å². The molecule has 2 nitrogen and oxygen atoms in total. The molecule has 110 valence electrons.